The van der Waals surface area contributed by atoms with Crippen LogP contribution in [0.2, 0.25) is 0 Å². The van der Waals surface area contributed by atoms with Crippen LogP contribution in [0.1, 0.15) is 65.2 Å². The van der Waals surface area contributed by atoms with Crippen LogP contribution in [0, 0.1) is 0 Å². The van der Waals surface area contributed by atoms with Crippen molar-refractivity contribution in [3.63, 3.8) is 0 Å². The SMILES string of the molecule is CCCN(CCC)C(=O)CC(=O)NC1CCCCC1. The maximum absolute atomic E-state index is 12.0. The Bertz CT molecular complexity index is 280. The molecule has 0 saturated heterocycles. The number of nitrogens with zero attached hydrogens (tertiary/aromatic N) is 1. The van der Waals surface area contributed by atoms with Crippen molar-refractivity contribution in [1.82, 2.24) is 10.2 Å². The van der Waals surface area contributed by atoms with Crippen LogP contribution < -0.4 is 5.32 Å². The lowest BCUT2D eigenvalue weighted by Crippen LogP contribution is -2.40. The van der Waals surface area contributed by atoms with E-state index in [1.807, 2.05) is 0 Å². The number of carbonyl (C=O) groups is 2. The summed E-state index contributed by atoms with van der Waals surface area (Å²) in [4.78, 5) is 25.7. The molecule has 1 aliphatic carbocycles. The van der Waals surface area contributed by atoms with Gasteiger partial charge in [0.2, 0.25) is 11.8 Å². The minimum atomic E-state index is -0.103. The van der Waals surface area contributed by atoms with Gasteiger partial charge < -0.3 is 10.2 Å². The van der Waals surface area contributed by atoms with E-state index in [-0.39, 0.29) is 18.2 Å². The molecule has 0 spiro atoms. The van der Waals surface area contributed by atoms with Gasteiger partial charge in [-0.25, -0.2) is 0 Å². The second-order valence-corrected chi connectivity index (χ2v) is 5.46. The lowest BCUT2D eigenvalue weighted by molar-refractivity contribution is -0.136. The number of hydrogen-bond donors (Lipinski definition) is 1. The highest BCUT2D eigenvalue weighted by Gasteiger charge is 2.19. The zero-order chi connectivity index (χ0) is 14.1. The minimum Gasteiger partial charge on any atom is -0.353 e. The first-order valence-corrected chi connectivity index (χ1v) is 7.74. The third kappa shape index (κ3) is 6.08. The molecule has 1 saturated carbocycles. The summed E-state index contributed by atoms with van der Waals surface area (Å²) in [6, 6.07) is 0.292. The highest BCUT2D eigenvalue weighted by atomic mass is 16.2. The molecular weight excluding hydrogens is 240 g/mol. The van der Waals surface area contributed by atoms with E-state index in [0.717, 1.165) is 38.8 Å². The molecule has 2 amide bonds. The van der Waals surface area contributed by atoms with E-state index in [4.69, 9.17) is 0 Å². The summed E-state index contributed by atoms with van der Waals surface area (Å²) in [6.07, 6.45) is 7.67. The summed E-state index contributed by atoms with van der Waals surface area (Å²) in [5.41, 5.74) is 0. The summed E-state index contributed by atoms with van der Waals surface area (Å²) < 4.78 is 0. The average Bonchev–Trinajstić information content (AvgIpc) is 2.39. The summed E-state index contributed by atoms with van der Waals surface area (Å²) in [7, 11) is 0. The first-order chi connectivity index (χ1) is 9.17. The van der Waals surface area contributed by atoms with Crippen LogP contribution in [-0.2, 0) is 9.59 Å². The van der Waals surface area contributed by atoms with Crippen molar-refractivity contribution in [2.45, 2.75) is 71.3 Å². The molecule has 0 radical (unpaired) electrons. The zero-order valence-electron chi connectivity index (χ0n) is 12.4. The molecule has 1 aliphatic rings. The van der Waals surface area contributed by atoms with Gasteiger partial charge in [0.15, 0.2) is 0 Å². The number of nitrogens with one attached hydrogen (secondary N) is 1. The Labute approximate surface area is 116 Å². The molecule has 4 heteroatoms. The topological polar surface area (TPSA) is 49.4 Å². The van der Waals surface area contributed by atoms with Crippen molar-refractivity contribution >= 4 is 11.8 Å². The molecule has 0 aliphatic heterocycles. The van der Waals surface area contributed by atoms with Crippen LogP contribution in [0.5, 0.6) is 0 Å². The first kappa shape index (κ1) is 16.0. The van der Waals surface area contributed by atoms with E-state index in [2.05, 4.69) is 19.2 Å². The predicted octanol–water partition coefficient (Wildman–Crippen LogP) is 2.47. The fourth-order valence-corrected chi connectivity index (χ4v) is 2.68. The van der Waals surface area contributed by atoms with E-state index in [9.17, 15) is 9.59 Å². The molecule has 110 valence electrons. The van der Waals surface area contributed by atoms with Gasteiger partial charge in [-0.1, -0.05) is 33.1 Å². The second kappa shape index (κ2) is 8.94. The van der Waals surface area contributed by atoms with Gasteiger partial charge in [0.25, 0.3) is 0 Å². The third-order valence-corrected chi connectivity index (χ3v) is 3.62. The van der Waals surface area contributed by atoms with E-state index >= 15 is 0 Å². The van der Waals surface area contributed by atoms with Gasteiger partial charge in [0, 0.05) is 19.1 Å². The molecule has 1 rings (SSSR count). The van der Waals surface area contributed by atoms with Gasteiger partial charge in [-0.15, -0.1) is 0 Å². The van der Waals surface area contributed by atoms with Crippen LogP contribution in [0.4, 0.5) is 0 Å². The zero-order valence-corrected chi connectivity index (χ0v) is 12.4. The Balaban J connectivity index is 2.34. The van der Waals surface area contributed by atoms with Gasteiger partial charge in [-0.3, -0.25) is 9.59 Å². The smallest absolute Gasteiger partial charge is 0.232 e. The molecule has 0 aromatic heterocycles. The van der Waals surface area contributed by atoms with Crippen LogP contribution >= 0.6 is 0 Å². The summed E-state index contributed by atoms with van der Waals surface area (Å²) in [6.45, 7) is 5.61. The maximum Gasteiger partial charge on any atom is 0.232 e. The maximum atomic E-state index is 12.0. The third-order valence-electron chi connectivity index (χ3n) is 3.62. The number of hydrogen-bond acceptors (Lipinski definition) is 2. The highest BCUT2D eigenvalue weighted by Crippen LogP contribution is 2.17. The van der Waals surface area contributed by atoms with Gasteiger partial charge in [0.1, 0.15) is 6.42 Å². The Kier molecular flexibility index (Phi) is 7.53. The molecule has 0 atom stereocenters. The van der Waals surface area contributed by atoms with Crippen molar-refractivity contribution < 1.29 is 9.59 Å². The Morgan fingerprint density at radius 1 is 1.05 bits per heavy atom. The quantitative estimate of drug-likeness (QED) is 0.721. The van der Waals surface area contributed by atoms with E-state index in [0.29, 0.717) is 6.04 Å². The molecule has 0 aromatic carbocycles. The van der Waals surface area contributed by atoms with Gasteiger partial charge in [-0.2, -0.15) is 0 Å². The molecule has 4 nitrogen and oxygen atoms in total. The van der Waals surface area contributed by atoms with E-state index in [1.165, 1.54) is 19.3 Å². The first-order valence-electron chi connectivity index (χ1n) is 7.74. The molecular formula is C15H28N2O2. The molecule has 1 N–H and O–H groups in total. The van der Waals surface area contributed by atoms with Crippen LogP contribution in [0.3, 0.4) is 0 Å². The normalized spacial score (nSPS) is 16.1. The highest BCUT2D eigenvalue weighted by molar-refractivity contribution is 5.97. The average molecular weight is 268 g/mol. The molecule has 0 aromatic rings. The monoisotopic (exact) mass is 268 g/mol. The summed E-state index contributed by atoms with van der Waals surface area (Å²) in [5.74, 6) is -0.133. The van der Waals surface area contributed by atoms with Crippen LogP contribution in [0.25, 0.3) is 0 Å². The number of carbonyl (C=O) groups excluding carboxylic acids is 2. The lowest BCUT2D eigenvalue weighted by Gasteiger charge is -2.24. The molecule has 1 fully saturated rings. The van der Waals surface area contributed by atoms with E-state index < -0.39 is 0 Å². The molecule has 0 unspecified atom stereocenters. The molecule has 19 heavy (non-hydrogen) atoms. The molecule has 0 bridgehead atoms. The van der Waals surface area contributed by atoms with Crippen LogP contribution in [0.15, 0.2) is 0 Å². The summed E-state index contributed by atoms with van der Waals surface area (Å²) >= 11 is 0. The number of rotatable bonds is 7. The molecule has 0 heterocycles. The van der Waals surface area contributed by atoms with Crippen molar-refractivity contribution in [3.8, 4) is 0 Å². The fraction of sp³-hybridized carbons (Fsp3) is 0.867. The van der Waals surface area contributed by atoms with Crippen molar-refractivity contribution in [3.05, 3.63) is 0 Å². The fourth-order valence-electron chi connectivity index (χ4n) is 2.68. The standard InChI is InChI=1S/C15H28N2O2/c1-3-10-17(11-4-2)15(19)12-14(18)16-13-8-6-5-7-9-13/h13H,3-12H2,1-2H3,(H,16,18). The minimum absolute atomic E-state index is 0.0104. The van der Waals surface area contributed by atoms with Gasteiger partial charge in [0.05, 0.1) is 0 Å². The van der Waals surface area contributed by atoms with Gasteiger partial charge in [-0.05, 0) is 25.7 Å². The summed E-state index contributed by atoms with van der Waals surface area (Å²) in [5, 5.41) is 3.00. The largest absolute Gasteiger partial charge is 0.353 e. The Morgan fingerprint density at radius 3 is 2.16 bits per heavy atom. The van der Waals surface area contributed by atoms with Crippen molar-refractivity contribution in [2.24, 2.45) is 0 Å². The predicted molar refractivity (Wildman–Crippen MR) is 76.8 cm³/mol. The van der Waals surface area contributed by atoms with Crippen LogP contribution in [-0.4, -0.2) is 35.8 Å². The number of amides is 2. The van der Waals surface area contributed by atoms with E-state index in [1.54, 1.807) is 4.90 Å². The van der Waals surface area contributed by atoms with Crippen molar-refractivity contribution in [2.75, 3.05) is 13.1 Å². The van der Waals surface area contributed by atoms with Gasteiger partial charge >= 0.3 is 0 Å². The Morgan fingerprint density at radius 2 is 1.63 bits per heavy atom. The Hall–Kier alpha value is -1.06. The second-order valence-electron chi connectivity index (χ2n) is 5.46. The van der Waals surface area contributed by atoms with Crippen molar-refractivity contribution in [1.29, 1.82) is 0 Å². The lowest BCUT2D eigenvalue weighted by atomic mass is 9.95.